The zero-order valence-electron chi connectivity index (χ0n) is 14.6. The van der Waals surface area contributed by atoms with E-state index >= 15 is 0 Å². The number of nitrogens with zero attached hydrogens (tertiary/aromatic N) is 3. The summed E-state index contributed by atoms with van der Waals surface area (Å²) >= 11 is 0. The summed E-state index contributed by atoms with van der Waals surface area (Å²) in [5.74, 6) is 1.88. The fourth-order valence-corrected chi connectivity index (χ4v) is 3.27. The predicted octanol–water partition coefficient (Wildman–Crippen LogP) is 3.62. The molecule has 3 heterocycles. The van der Waals surface area contributed by atoms with Crippen LogP contribution in [-0.4, -0.2) is 34.8 Å². The molecule has 0 N–H and O–H groups in total. The molecule has 1 amide bonds. The quantitative estimate of drug-likeness (QED) is 0.712. The van der Waals surface area contributed by atoms with Crippen LogP contribution in [-0.2, 0) is 0 Å². The van der Waals surface area contributed by atoms with Gasteiger partial charge in [0.25, 0.3) is 5.91 Å². The van der Waals surface area contributed by atoms with Gasteiger partial charge in [-0.3, -0.25) is 4.79 Å². The average molecular weight is 353 g/mol. The fourth-order valence-electron chi connectivity index (χ4n) is 3.27. The molecule has 0 aliphatic carbocycles. The van der Waals surface area contributed by atoms with Crippen LogP contribution < -0.4 is 4.74 Å². The minimum atomic E-state index is -0.156. The lowest BCUT2D eigenvalue weighted by atomic mass is 10.1. The third-order valence-corrected chi connectivity index (χ3v) is 4.61. The molecule has 1 aliphatic rings. The normalized spacial score (nSPS) is 16.8. The molecule has 0 bridgehead atoms. The Labute approximate surface area is 150 Å². The Bertz CT molecular complexity index is 913. The van der Waals surface area contributed by atoms with E-state index in [2.05, 4.69) is 10.3 Å². The van der Waals surface area contributed by atoms with Crippen molar-refractivity contribution < 1.29 is 18.6 Å². The van der Waals surface area contributed by atoms with Gasteiger partial charge in [-0.1, -0.05) is 10.3 Å². The standard InChI is InChI=1S/C19H19N3O4/c1-12-10-15(20-25-12)17-4-3-9-22(17)19(23)16-11-18(26-21-16)13-5-7-14(24-2)8-6-13/h5-8,10-11,17H,3-4,9H2,1-2H3. The van der Waals surface area contributed by atoms with Crippen molar-refractivity contribution in [2.24, 2.45) is 0 Å². The number of hydrogen-bond acceptors (Lipinski definition) is 6. The zero-order chi connectivity index (χ0) is 18.1. The summed E-state index contributed by atoms with van der Waals surface area (Å²) < 4.78 is 15.7. The van der Waals surface area contributed by atoms with Crippen LogP contribution in [0.15, 0.2) is 45.4 Å². The molecule has 1 unspecified atom stereocenters. The maximum Gasteiger partial charge on any atom is 0.276 e. The third kappa shape index (κ3) is 2.96. The number of ether oxygens (including phenoxy) is 1. The first kappa shape index (κ1) is 16.4. The molecule has 1 fully saturated rings. The first-order chi connectivity index (χ1) is 12.7. The van der Waals surface area contributed by atoms with Crippen molar-refractivity contribution in [2.45, 2.75) is 25.8 Å². The van der Waals surface area contributed by atoms with Gasteiger partial charge in [-0.05, 0) is 44.0 Å². The molecule has 3 aromatic rings. The minimum absolute atomic E-state index is 0.0823. The number of rotatable bonds is 4. The number of methoxy groups -OCH3 is 1. The summed E-state index contributed by atoms with van der Waals surface area (Å²) in [6.07, 6.45) is 1.78. The molecule has 7 heteroatoms. The van der Waals surface area contributed by atoms with Gasteiger partial charge in [0.1, 0.15) is 17.2 Å². The minimum Gasteiger partial charge on any atom is -0.497 e. The third-order valence-electron chi connectivity index (χ3n) is 4.61. The smallest absolute Gasteiger partial charge is 0.276 e. The van der Waals surface area contributed by atoms with Gasteiger partial charge in [0.15, 0.2) is 11.5 Å². The van der Waals surface area contributed by atoms with E-state index in [1.807, 2.05) is 37.3 Å². The Morgan fingerprint density at radius 1 is 1.19 bits per heavy atom. The molecule has 7 nitrogen and oxygen atoms in total. The van der Waals surface area contributed by atoms with Crippen molar-refractivity contribution in [1.29, 1.82) is 0 Å². The maximum atomic E-state index is 12.9. The van der Waals surface area contributed by atoms with Crippen molar-refractivity contribution in [2.75, 3.05) is 13.7 Å². The topological polar surface area (TPSA) is 81.6 Å². The van der Waals surface area contributed by atoms with Crippen molar-refractivity contribution in [3.63, 3.8) is 0 Å². The van der Waals surface area contributed by atoms with Crippen molar-refractivity contribution in [1.82, 2.24) is 15.2 Å². The second kappa shape index (κ2) is 6.67. The largest absolute Gasteiger partial charge is 0.497 e. The first-order valence-electron chi connectivity index (χ1n) is 8.51. The van der Waals surface area contributed by atoms with Crippen LogP contribution in [0.2, 0.25) is 0 Å². The molecule has 0 spiro atoms. The zero-order valence-corrected chi connectivity index (χ0v) is 14.6. The van der Waals surface area contributed by atoms with Crippen LogP contribution >= 0.6 is 0 Å². The van der Waals surface area contributed by atoms with Crippen molar-refractivity contribution in [3.05, 3.63) is 53.5 Å². The molecule has 1 atom stereocenters. The second-order valence-corrected chi connectivity index (χ2v) is 6.32. The van der Waals surface area contributed by atoms with Gasteiger partial charge >= 0.3 is 0 Å². The van der Waals surface area contributed by atoms with Crippen LogP contribution in [0.4, 0.5) is 0 Å². The van der Waals surface area contributed by atoms with Crippen LogP contribution in [0.5, 0.6) is 5.75 Å². The second-order valence-electron chi connectivity index (χ2n) is 6.32. The summed E-state index contributed by atoms with van der Waals surface area (Å²) in [6, 6.07) is 10.9. The summed E-state index contributed by atoms with van der Waals surface area (Å²) in [5, 5.41) is 8.04. The van der Waals surface area contributed by atoms with Crippen molar-refractivity contribution in [3.8, 4) is 17.1 Å². The van der Waals surface area contributed by atoms with E-state index in [1.165, 1.54) is 0 Å². The maximum absolute atomic E-state index is 12.9. The number of likely N-dealkylation sites (tertiary alicyclic amines) is 1. The molecule has 4 rings (SSSR count). The Kier molecular flexibility index (Phi) is 4.20. The van der Waals surface area contributed by atoms with Crippen LogP contribution in [0, 0.1) is 6.92 Å². The highest BCUT2D eigenvalue weighted by Gasteiger charge is 2.34. The highest BCUT2D eigenvalue weighted by atomic mass is 16.5. The summed E-state index contributed by atoms with van der Waals surface area (Å²) in [4.78, 5) is 14.7. The molecular formula is C19H19N3O4. The lowest BCUT2D eigenvalue weighted by Crippen LogP contribution is -2.30. The van der Waals surface area contributed by atoms with Gasteiger partial charge in [0.05, 0.1) is 13.2 Å². The highest BCUT2D eigenvalue weighted by molar-refractivity contribution is 5.93. The highest BCUT2D eigenvalue weighted by Crippen LogP contribution is 2.33. The van der Waals surface area contributed by atoms with E-state index in [0.717, 1.165) is 35.6 Å². The van der Waals surface area contributed by atoms with Gasteiger partial charge < -0.3 is 18.7 Å². The number of aryl methyl sites for hydroxylation is 1. The van der Waals surface area contributed by atoms with E-state index in [1.54, 1.807) is 18.1 Å². The van der Waals surface area contributed by atoms with E-state index < -0.39 is 0 Å². The number of aromatic nitrogens is 2. The molecule has 26 heavy (non-hydrogen) atoms. The summed E-state index contributed by atoms with van der Waals surface area (Å²) in [7, 11) is 1.61. The number of carbonyl (C=O) groups is 1. The summed E-state index contributed by atoms with van der Waals surface area (Å²) in [6.45, 7) is 2.51. The number of hydrogen-bond donors (Lipinski definition) is 0. The molecule has 1 saturated heterocycles. The van der Waals surface area contributed by atoms with Crippen LogP contribution in [0.25, 0.3) is 11.3 Å². The van der Waals surface area contributed by atoms with E-state index in [0.29, 0.717) is 18.0 Å². The average Bonchev–Trinajstić information content (AvgIpc) is 3.41. The first-order valence-corrected chi connectivity index (χ1v) is 8.51. The SMILES string of the molecule is COc1ccc(-c2cc(C(=O)N3CCCC3c3cc(C)on3)no2)cc1. The van der Waals surface area contributed by atoms with E-state index in [4.69, 9.17) is 13.8 Å². The van der Waals surface area contributed by atoms with E-state index in [9.17, 15) is 4.79 Å². The number of benzene rings is 1. The molecule has 134 valence electrons. The number of carbonyl (C=O) groups excluding carboxylic acids is 1. The predicted molar refractivity (Wildman–Crippen MR) is 92.7 cm³/mol. The molecule has 1 aliphatic heterocycles. The molecule has 2 aromatic heterocycles. The van der Waals surface area contributed by atoms with E-state index in [-0.39, 0.29) is 11.9 Å². The Morgan fingerprint density at radius 2 is 2.00 bits per heavy atom. The number of amides is 1. The van der Waals surface area contributed by atoms with Gasteiger partial charge in [-0.2, -0.15) is 0 Å². The Hall–Kier alpha value is -3.09. The summed E-state index contributed by atoms with van der Waals surface area (Å²) in [5.41, 5.74) is 1.91. The van der Waals surface area contributed by atoms with Gasteiger partial charge in [-0.25, -0.2) is 0 Å². The van der Waals surface area contributed by atoms with Gasteiger partial charge in [0.2, 0.25) is 0 Å². The molecular weight excluding hydrogens is 334 g/mol. The Morgan fingerprint density at radius 3 is 2.69 bits per heavy atom. The monoisotopic (exact) mass is 353 g/mol. The molecule has 0 saturated carbocycles. The molecule has 1 aromatic carbocycles. The van der Waals surface area contributed by atoms with Gasteiger partial charge in [0, 0.05) is 24.2 Å². The fraction of sp³-hybridized carbons (Fsp3) is 0.316. The van der Waals surface area contributed by atoms with Crippen LogP contribution in [0.1, 0.15) is 40.8 Å². The molecule has 0 radical (unpaired) electrons. The Balaban J connectivity index is 1.55. The lowest BCUT2D eigenvalue weighted by molar-refractivity contribution is 0.0720. The van der Waals surface area contributed by atoms with Crippen LogP contribution in [0.3, 0.4) is 0 Å². The van der Waals surface area contributed by atoms with Gasteiger partial charge in [-0.15, -0.1) is 0 Å². The van der Waals surface area contributed by atoms with Crippen molar-refractivity contribution >= 4 is 5.91 Å². The lowest BCUT2D eigenvalue weighted by Gasteiger charge is -2.21.